The second-order valence-corrected chi connectivity index (χ2v) is 4.62. The van der Waals surface area contributed by atoms with E-state index >= 15 is 0 Å². The molecule has 0 spiro atoms. The van der Waals surface area contributed by atoms with Crippen LogP contribution in [-0.2, 0) is 13.5 Å². The minimum Gasteiger partial charge on any atom is -0.493 e. The molecule has 106 valence electrons. The van der Waals surface area contributed by atoms with E-state index in [1.165, 1.54) is 0 Å². The van der Waals surface area contributed by atoms with Crippen LogP contribution in [0.3, 0.4) is 0 Å². The van der Waals surface area contributed by atoms with Crippen molar-refractivity contribution in [3.05, 3.63) is 47.8 Å². The molecule has 0 unspecified atom stereocenters. The Balaban J connectivity index is 2.04. The summed E-state index contributed by atoms with van der Waals surface area (Å²) in [6.45, 7) is 0. The van der Waals surface area contributed by atoms with Gasteiger partial charge in [-0.05, 0) is 36.2 Å². The van der Waals surface area contributed by atoms with Crippen molar-refractivity contribution in [1.29, 1.82) is 0 Å². The fourth-order valence-corrected chi connectivity index (χ4v) is 2.17. The maximum Gasteiger partial charge on any atom is 0.179 e. The van der Waals surface area contributed by atoms with Crippen molar-refractivity contribution < 1.29 is 14.3 Å². The molecule has 4 heteroatoms. The summed E-state index contributed by atoms with van der Waals surface area (Å²) in [7, 11) is 5.09. The summed E-state index contributed by atoms with van der Waals surface area (Å²) in [6.07, 6.45) is 3.04. The smallest absolute Gasteiger partial charge is 0.179 e. The summed E-state index contributed by atoms with van der Waals surface area (Å²) in [6, 6.07) is 9.46. The quantitative estimate of drug-likeness (QED) is 0.760. The van der Waals surface area contributed by atoms with Gasteiger partial charge in [-0.1, -0.05) is 6.07 Å². The Bertz CT molecular complexity index is 602. The first kappa shape index (κ1) is 14.2. The lowest BCUT2D eigenvalue weighted by Crippen LogP contribution is -2.06. The Kier molecular flexibility index (Phi) is 4.45. The van der Waals surface area contributed by atoms with E-state index in [0.29, 0.717) is 24.3 Å². The lowest BCUT2D eigenvalue weighted by atomic mass is 10.1. The van der Waals surface area contributed by atoms with Crippen molar-refractivity contribution in [2.75, 3.05) is 14.2 Å². The molecule has 0 N–H and O–H groups in total. The van der Waals surface area contributed by atoms with Gasteiger partial charge in [-0.15, -0.1) is 0 Å². The van der Waals surface area contributed by atoms with Gasteiger partial charge < -0.3 is 14.0 Å². The van der Waals surface area contributed by atoms with E-state index in [-0.39, 0.29) is 5.78 Å². The highest BCUT2D eigenvalue weighted by molar-refractivity contribution is 5.94. The average molecular weight is 273 g/mol. The van der Waals surface area contributed by atoms with E-state index in [2.05, 4.69) is 0 Å². The summed E-state index contributed by atoms with van der Waals surface area (Å²) in [5, 5.41) is 0. The number of Topliss-reactive ketones (excluding diaryl/α,β-unsaturated/α-hetero) is 1. The zero-order valence-electron chi connectivity index (χ0n) is 12.1. The fraction of sp³-hybridized carbons (Fsp3) is 0.312. The highest BCUT2D eigenvalue weighted by atomic mass is 16.5. The molecule has 2 rings (SSSR count). The van der Waals surface area contributed by atoms with Crippen molar-refractivity contribution in [1.82, 2.24) is 4.57 Å². The van der Waals surface area contributed by atoms with Gasteiger partial charge in [0.2, 0.25) is 0 Å². The molecule has 0 atom stereocenters. The van der Waals surface area contributed by atoms with Gasteiger partial charge in [-0.3, -0.25) is 4.79 Å². The zero-order valence-corrected chi connectivity index (χ0v) is 12.1. The number of methoxy groups -OCH3 is 2. The van der Waals surface area contributed by atoms with Crippen LogP contribution >= 0.6 is 0 Å². The number of rotatable bonds is 6. The Labute approximate surface area is 118 Å². The van der Waals surface area contributed by atoms with Crippen LogP contribution in [0.1, 0.15) is 22.5 Å². The van der Waals surface area contributed by atoms with E-state index in [9.17, 15) is 4.79 Å². The van der Waals surface area contributed by atoms with Gasteiger partial charge in [0.05, 0.1) is 19.9 Å². The number of ether oxygens (including phenoxy) is 2. The van der Waals surface area contributed by atoms with Crippen molar-refractivity contribution >= 4 is 5.78 Å². The first-order chi connectivity index (χ1) is 9.65. The SMILES string of the molecule is COc1ccc(CCC(=O)c2cccn2C)cc1OC. The van der Waals surface area contributed by atoms with E-state index < -0.39 is 0 Å². The van der Waals surface area contributed by atoms with E-state index in [4.69, 9.17) is 9.47 Å². The lowest BCUT2D eigenvalue weighted by molar-refractivity contribution is 0.0975. The highest BCUT2D eigenvalue weighted by Gasteiger charge is 2.10. The van der Waals surface area contributed by atoms with Gasteiger partial charge in [0.25, 0.3) is 0 Å². The number of carbonyl (C=O) groups excluding carboxylic acids is 1. The summed E-state index contributed by atoms with van der Waals surface area (Å²) >= 11 is 0. The minimum atomic E-state index is 0.146. The normalized spacial score (nSPS) is 10.3. The summed E-state index contributed by atoms with van der Waals surface area (Å²) in [4.78, 5) is 12.1. The fourth-order valence-electron chi connectivity index (χ4n) is 2.17. The van der Waals surface area contributed by atoms with Crippen molar-refractivity contribution in [3.8, 4) is 11.5 Å². The molecule has 0 saturated heterocycles. The molecular formula is C16H19NO3. The van der Waals surface area contributed by atoms with Crippen molar-refractivity contribution in [3.63, 3.8) is 0 Å². The second-order valence-electron chi connectivity index (χ2n) is 4.62. The molecule has 4 nitrogen and oxygen atoms in total. The monoisotopic (exact) mass is 273 g/mol. The molecule has 0 fully saturated rings. The van der Waals surface area contributed by atoms with Gasteiger partial charge in [0.1, 0.15) is 0 Å². The summed E-state index contributed by atoms with van der Waals surface area (Å²) in [5.41, 5.74) is 1.80. The molecule has 20 heavy (non-hydrogen) atoms. The Morgan fingerprint density at radius 1 is 1.15 bits per heavy atom. The Hall–Kier alpha value is -2.23. The number of nitrogens with zero attached hydrogens (tertiary/aromatic N) is 1. The number of hydrogen-bond donors (Lipinski definition) is 0. The molecule has 0 bridgehead atoms. The largest absolute Gasteiger partial charge is 0.493 e. The summed E-state index contributed by atoms with van der Waals surface area (Å²) < 4.78 is 12.3. The zero-order chi connectivity index (χ0) is 14.5. The molecule has 0 amide bonds. The number of hydrogen-bond acceptors (Lipinski definition) is 3. The van der Waals surface area contributed by atoms with Crippen LogP contribution in [0.4, 0.5) is 0 Å². The third-order valence-electron chi connectivity index (χ3n) is 3.32. The molecule has 0 aliphatic heterocycles. The van der Waals surface area contributed by atoms with Crippen LogP contribution in [0.25, 0.3) is 0 Å². The number of aryl methyl sites for hydroxylation is 2. The van der Waals surface area contributed by atoms with Crippen LogP contribution < -0.4 is 9.47 Å². The van der Waals surface area contributed by atoms with Crippen molar-refractivity contribution in [2.45, 2.75) is 12.8 Å². The van der Waals surface area contributed by atoms with E-state index in [1.807, 2.05) is 48.1 Å². The molecule has 1 heterocycles. The third-order valence-corrected chi connectivity index (χ3v) is 3.32. The maximum absolute atomic E-state index is 12.1. The molecule has 2 aromatic rings. The van der Waals surface area contributed by atoms with Crippen LogP contribution in [0.5, 0.6) is 11.5 Å². The Morgan fingerprint density at radius 3 is 2.50 bits per heavy atom. The molecular weight excluding hydrogens is 254 g/mol. The molecule has 0 radical (unpaired) electrons. The molecule has 0 saturated carbocycles. The van der Waals surface area contributed by atoms with Crippen LogP contribution in [0, 0.1) is 0 Å². The van der Waals surface area contributed by atoms with Gasteiger partial charge >= 0.3 is 0 Å². The second kappa shape index (κ2) is 6.28. The van der Waals surface area contributed by atoms with E-state index in [0.717, 1.165) is 11.3 Å². The number of ketones is 1. The standard InChI is InChI=1S/C16H19NO3/c1-17-10-4-5-13(17)14(18)8-6-12-7-9-15(19-2)16(11-12)20-3/h4-5,7,9-11H,6,8H2,1-3H3. The third kappa shape index (κ3) is 3.02. The van der Waals surface area contributed by atoms with Gasteiger partial charge in [0, 0.05) is 19.7 Å². The highest BCUT2D eigenvalue weighted by Crippen LogP contribution is 2.28. The summed E-state index contributed by atoms with van der Waals surface area (Å²) in [5.74, 6) is 1.54. The predicted molar refractivity (Wildman–Crippen MR) is 77.6 cm³/mol. The number of aromatic nitrogens is 1. The molecule has 1 aromatic heterocycles. The predicted octanol–water partition coefficient (Wildman–Crippen LogP) is 2.86. The van der Waals surface area contributed by atoms with Crippen LogP contribution in [0.15, 0.2) is 36.5 Å². The molecule has 1 aromatic carbocycles. The lowest BCUT2D eigenvalue weighted by Gasteiger charge is -2.09. The van der Waals surface area contributed by atoms with Crippen LogP contribution in [-0.4, -0.2) is 24.6 Å². The van der Waals surface area contributed by atoms with Gasteiger partial charge in [-0.2, -0.15) is 0 Å². The Morgan fingerprint density at radius 2 is 1.90 bits per heavy atom. The topological polar surface area (TPSA) is 40.5 Å². The first-order valence-corrected chi connectivity index (χ1v) is 6.51. The maximum atomic E-state index is 12.1. The molecule has 0 aliphatic rings. The molecule has 0 aliphatic carbocycles. The number of benzene rings is 1. The minimum absolute atomic E-state index is 0.146. The van der Waals surface area contributed by atoms with Gasteiger partial charge in [0.15, 0.2) is 17.3 Å². The number of carbonyl (C=O) groups is 1. The van der Waals surface area contributed by atoms with Crippen LogP contribution in [0.2, 0.25) is 0 Å². The first-order valence-electron chi connectivity index (χ1n) is 6.51. The average Bonchev–Trinajstić information content (AvgIpc) is 2.90. The van der Waals surface area contributed by atoms with Gasteiger partial charge in [-0.25, -0.2) is 0 Å². The van der Waals surface area contributed by atoms with E-state index in [1.54, 1.807) is 14.2 Å². The van der Waals surface area contributed by atoms with Crippen molar-refractivity contribution in [2.24, 2.45) is 7.05 Å².